The van der Waals surface area contributed by atoms with Crippen molar-refractivity contribution in [1.29, 1.82) is 0 Å². The van der Waals surface area contributed by atoms with E-state index in [0.29, 0.717) is 22.2 Å². The number of amides is 1. The van der Waals surface area contributed by atoms with Gasteiger partial charge in [0.15, 0.2) is 0 Å². The summed E-state index contributed by atoms with van der Waals surface area (Å²) in [5.41, 5.74) is 0.700. The van der Waals surface area contributed by atoms with E-state index in [1.807, 2.05) is 0 Å². The van der Waals surface area contributed by atoms with E-state index in [1.165, 1.54) is 0 Å². The van der Waals surface area contributed by atoms with Crippen molar-refractivity contribution in [1.82, 2.24) is 5.32 Å². The van der Waals surface area contributed by atoms with Crippen molar-refractivity contribution in [2.75, 3.05) is 6.54 Å². The highest BCUT2D eigenvalue weighted by atomic mass is 79.9. The lowest BCUT2D eigenvalue weighted by Gasteiger charge is -2.22. The van der Waals surface area contributed by atoms with Crippen LogP contribution in [0, 0.1) is 5.41 Å². The summed E-state index contributed by atoms with van der Waals surface area (Å²) in [6.07, 6.45) is 0.976. The molecule has 1 aromatic rings. The Balaban J connectivity index is 2.56. The Morgan fingerprint density at radius 2 is 1.79 bits per heavy atom. The standard InChI is InChI=1S/C14H18BrCl2NO/c1-14(2,3)7-10(15)8-18-13(19)9-4-11(16)6-12(17)5-9/h4-6,10H,7-8H2,1-3H3,(H,18,19). The summed E-state index contributed by atoms with van der Waals surface area (Å²) in [6, 6.07) is 4.82. The summed E-state index contributed by atoms with van der Waals surface area (Å²) in [6.45, 7) is 7.07. The number of nitrogens with one attached hydrogen (secondary N) is 1. The zero-order valence-electron chi connectivity index (χ0n) is 11.3. The highest BCUT2D eigenvalue weighted by Gasteiger charge is 2.17. The van der Waals surface area contributed by atoms with Crippen molar-refractivity contribution in [3.05, 3.63) is 33.8 Å². The molecule has 0 aromatic heterocycles. The lowest BCUT2D eigenvalue weighted by Crippen LogP contribution is -2.31. The van der Waals surface area contributed by atoms with E-state index in [-0.39, 0.29) is 16.1 Å². The zero-order chi connectivity index (χ0) is 14.6. The summed E-state index contributed by atoms with van der Waals surface area (Å²) in [5, 5.41) is 3.79. The van der Waals surface area contributed by atoms with E-state index >= 15 is 0 Å². The summed E-state index contributed by atoms with van der Waals surface area (Å²) in [5.74, 6) is -0.164. The van der Waals surface area contributed by atoms with Crippen LogP contribution in [0.5, 0.6) is 0 Å². The van der Waals surface area contributed by atoms with Crippen LogP contribution >= 0.6 is 39.1 Å². The van der Waals surface area contributed by atoms with E-state index in [0.717, 1.165) is 6.42 Å². The van der Waals surface area contributed by atoms with E-state index in [1.54, 1.807) is 18.2 Å². The molecule has 5 heteroatoms. The minimum Gasteiger partial charge on any atom is -0.351 e. The van der Waals surface area contributed by atoms with Gasteiger partial charge in [0.05, 0.1) is 0 Å². The Morgan fingerprint density at radius 3 is 2.26 bits per heavy atom. The third-order valence-electron chi connectivity index (χ3n) is 2.44. The maximum atomic E-state index is 12.0. The van der Waals surface area contributed by atoms with Crippen molar-refractivity contribution in [2.24, 2.45) is 5.41 Å². The van der Waals surface area contributed by atoms with Crippen LogP contribution in [0.3, 0.4) is 0 Å². The fourth-order valence-corrected chi connectivity index (χ4v) is 3.39. The van der Waals surface area contributed by atoms with Gasteiger partial charge in [-0.1, -0.05) is 59.9 Å². The van der Waals surface area contributed by atoms with Crippen LogP contribution in [0.25, 0.3) is 0 Å². The first-order valence-electron chi connectivity index (χ1n) is 6.06. The highest BCUT2D eigenvalue weighted by molar-refractivity contribution is 9.09. The van der Waals surface area contributed by atoms with Gasteiger partial charge in [0.25, 0.3) is 5.91 Å². The summed E-state index contributed by atoms with van der Waals surface area (Å²) >= 11 is 15.3. The summed E-state index contributed by atoms with van der Waals surface area (Å²) < 4.78 is 0. The largest absolute Gasteiger partial charge is 0.351 e. The van der Waals surface area contributed by atoms with Gasteiger partial charge in [0.1, 0.15) is 0 Å². The first kappa shape index (κ1) is 16.8. The molecule has 0 aliphatic rings. The quantitative estimate of drug-likeness (QED) is 0.752. The van der Waals surface area contributed by atoms with Crippen molar-refractivity contribution >= 4 is 45.0 Å². The fraction of sp³-hybridized carbons (Fsp3) is 0.500. The second kappa shape index (κ2) is 6.96. The van der Waals surface area contributed by atoms with Crippen LogP contribution in [0.2, 0.25) is 10.0 Å². The minimum absolute atomic E-state index is 0.164. The van der Waals surface area contributed by atoms with Gasteiger partial charge >= 0.3 is 0 Å². The summed E-state index contributed by atoms with van der Waals surface area (Å²) in [4.78, 5) is 12.2. The normalized spacial score (nSPS) is 13.2. The average molecular weight is 367 g/mol. The fourth-order valence-electron chi connectivity index (χ4n) is 1.73. The number of halogens is 3. The molecular formula is C14H18BrCl2NO. The first-order valence-corrected chi connectivity index (χ1v) is 7.73. The molecule has 0 radical (unpaired) electrons. The molecule has 1 N–H and O–H groups in total. The Kier molecular flexibility index (Phi) is 6.15. The van der Waals surface area contributed by atoms with E-state index in [4.69, 9.17) is 23.2 Å². The van der Waals surface area contributed by atoms with Crippen LogP contribution in [0.4, 0.5) is 0 Å². The molecular weight excluding hydrogens is 349 g/mol. The van der Waals surface area contributed by atoms with Gasteiger partial charge < -0.3 is 5.32 Å². The smallest absolute Gasteiger partial charge is 0.251 e. The topological polar surface area (TPSA) is 29.1 Å². The van der Waals surface area contributed by atoms with Gasteiger partial charge in [0.2, 0.25) is 0 Å². The molecule has 19 heavy (non-hydrogen) atoms. The van der Waals surface area contributed by atoms with Gasteiger partial charge in [-0.05, 0) is 30.0 Å². The molecule has 1 atom stereocenters. The number of rotatable bonds is 4. The third-order valence-corrected chi connectivity index (χ3v) is 3.53. The van der Waals surface area contributed by atoms with Crippen molar-refractivity contribution in [2.45, 2.75) is 32.0 Å². The van der Waals surface area contributed by atoms with Gasteiger partial charge in [-0.3, -0.25) is 4.79 Å². The van der Waals surface area contributed by atoms with Gasteiger partial charge in [-0.2, -0.15) is 0 Å². The molecule has 1 rings (SSSR count). The zero-order valence-corrected chi connectivity index (χ0v) is 14.4. The van der Waals surface area contributed by atoms with Crippen LogP contribution in [0.15, 0.2) is 18.2 Å². The Hall–Kier alpha value is -0.250. The number of benzene rings is 1. The molecule has 2 nitrogen and oxygen atoms in total. The lowest BCUT2D eigenvalue weighted by atomic mass is 9.90. The number of carbonyl (C=O) groups is 1. The van der Waals surface area contributed by atoms with E-state index in [2.05, 4.69) is 42.0 Å². The molecule has 0 spiro atoms. The van der Waals surface area contributed by atoms with E-state index in [9.17, 15) is 4.79 Å². The van der Waals surface area contributed by atoms with Gasteiger partial charge in [-0.25, -0.2) is 0 Å². The molecule has 0 heterocycles. The molecule has 106 valence electrons. The predicted octanol–water partition coefficient (Wildman–Crippen LogP) is 4.92. The molecule has 0 saturated heterocycles. The van der Waals surface area contributed by atoms with Crippen LogP contribution in [0.1, 0.15) is 37.6 Å². The molecule has 1 aromatic carbocycles. The highest BCUT2D eigenvalue weighted by Crippen LogP contribution is 2.24. The minimum atomic E-state index is -0.164. The lowest BCUT2D eigenvalue weighted by molar-refractivity contribution is 0.0952. The maximum Gasteiger partial charge on any atom is 0.251 e. The second-order valence-electron chi connectivity index (χ2n) is 5.73. The Labute approximate surface area is 133 Å². The van der Waals surface area contributed by atoms with Gasteiger partial charge in [0, 0.05) is 27.0 Å². The van der Waals surface area contributed by atoms with Crippen molar-refractivity contribution in [3.63, 3.8) is 0 Å². The number of hydrogen-bond donors (Lipinski definition) is 1. The Morgan fingerprint density at radius 1 is 1.26 bits per heavy atom. The van der Waals surface area contributed by atoms with Crippen molar-refractivity contribution < 1.29 is 4.79 Å². The molecule has 0 bridgehead atoms. The molecule has 0 aliphatic carbocycles. The maximum absolute atomic E-state index is 12.0. The van der Waals surface area contributed by atoms with Crippen LogP contribution in [-0.4, -0.2) is 17.3 Å². The van der Waals surface area contributed by atoms with Crippen LogP contribution < -0.4 is 5.32 Å². The number of hydrogen-bond acceptors (Lipinski definition) is 1. The SMILES string of the molecule is CC(C)(C)CC(Br)CNC(=O)c1cc(Cl)cc(Cl)c1. The molecule has 1 amide bonds. The Bertz CT molecular complexity index is 437. The molecule has 0 saturated carbocycles. The third kappa shape index (κ3) is 6.64. The predicted molar refractivity (Wildman–Crippen MR) is 85.6 cm³/mol. The second-order valence-corrected chi connectivity index (χ2v) is 7.90. The van der Waals surface area contributed by atoms with Crippen LogP contribution in [-0.2, 0) is 0 Å². The monoisotopic (exact) mass is 365 g/mol. The average Bonchev–Trinajstić information content (AvgIpc) is 2.22. The first-order chi connectivity index (χ1) is 8.67. The molecule has 1 unspecified atom stereocenters. The molecule has 0 fully saturated rings. The van der Waals surface area contributed by atoms with Crippen molar-refractivity contribution in [3.8, 4) is 0 Å². The summed E-state index contributed by atoms with van der Waals surface area (Å²) in [7, 11) is 0. The number of carbonyl (C=O) groups excluding carboxylic acids is 1. The molecule has 0 aliphatic heterocycles. The number of alkyl halides is 1. The van der Waals surface area contributed by atoms with E-state index < -0.39 is 0 Å². The van der Waals surface area contributed by atoms with Gasteiger partial charge in [-0.15, -0.1) is 0 Å².